The summed E-state index contributed by atoms with van der Waals surface area (Å²) in [6.45, 7) is 3.64. The highest BCUT2D eigenvalue weighted by Gasteiger charge is 2.42. The SMILES string of the molecule is CN1C[C@@H]2CNC[C@@H]2[C@H]1c1ccccc1. The predicted octanol–water partition coefficient (Wildman–Crippen LogP) is 1.51. The molecule has 0 aromatic heterocycles. The molecule has 0 spiro atoms. The van der Waals surface area contributed by atoms with Crippen LogP contribution in [0.5, 0.6) is 0 Å². The second-order valence-corrected chi connectivity index (χ2v) is 4.88. The van der Waals surface area contributed by atoms with E-state index in [2.05, 4.69) is 47.6 Å². The number of hydrogen-bond acceptors (Lipinski definition) is 2. The Kier molecular flexibility index (Phi) is 2.26. The Hall–Kier alpha value is -0.860. The summed E-state index contributed by atoms with van der Waals surface area (Å²) in [6, 6.07) is 11.6. The van der Waals surface area contributed by atoms with E-state index in [1.54, 1.807) is 0 Å². The molecular formula is C13H18N2. The second kappa shape index (κ2) is 3.62. The fraction of sp³-hybridized carbons (Fsp3) is 0.538. The van der Waals surface area contributed by atoms with E-state index in [-0.39, 0.29) is 0 Å². The molecule has 0 aliphatic carbocycles. The maximum Gasteiger partial charge on any atom is 0.0389 e. The van der Waals surface area contributed by atoms with Crippen molar-refractivity contribution >= 4 is 0 Å². The van der Waals surface area contributed by atoms with Crippen LogP contribution in [0.25, 0.3) is 0 Å². The van der Waals surface area contributed by atoms with Gasteiger partial charge >= 0.3 is 0 Å². The summed E-state index contributed by atoms with van der Waals surface area (Å²) in [4.78, 5) is 2.52. The van der Waals surface area contributed by atoms with E-state index in [1.165, 1.54) is 25.2 Å². The van der Waals surface area contributed by atoms with Crippen molar-refractivity contribution in [2.24, 2.45) is 11.8 Å². The molecule has 15 heavy (non-hydrogen) atoms. The van der Waals surface area contributed by atoms with Crippen LogP contribution in [0.2, 0.25) is 0 Å². The summed E-state index contributed by atoms with van der Waals surface area (Å²) in [6.07, 6.45) is 0. The third-order valence-corrected chi connectivity index (χ3v) is 3.94. The van der Waals surface area contributed by atoms with Crippen molar-refractivity contribution in [3.05, 3.63) is 35.9 Å². The molecule has 2 fully saturated rings. The van der Waals surface area contributed by atoms with Gasteiger partial charge in [-0.3, -0.25) is 4.90 Å². The van der Waals surface area contributed by atoms with Crippen molar-refractivity contribution in [2.45, 2.75) is 6.04 Å². The Morgan fingerprint density at radius 3 is 2.80 bits per heavy atom. The van der Waals surface area contributed by atoms with E-state index >= 15 is 0 Å². The molecule has 3 rings (SSSR count). The summed E-state index contributed by atoms with van der Waals surface area (Å²) >= 11 is 0. The first kappa shape index (κ1) is 9.37. The standard InChI is InChI=1S/C13H18N2/c1-15-9-11-7-14-8-12(11)13(15)10-5-3-2-4-6-10/h2-6,11-14H,7-9H2,1H3/t11-,12-,13+/m0/s1. The number of fused-ring (bicyclic) bond motifs is 1. The van der Waals surface area contributed by atoms with E-state index in [4.69, 9.17) is 0 Å². The number of nitrogens with zero attached hydrogens (tertiary/aromatic N) is 1. The quantitative estimate of drug-likeness (QED) is 0.742. The molecule has 0 bridgehead atoms. The Morgan fingerprint density at radius 1 is 1.20 bits per heavy atom. The van der Waals surface area contributed by atoms with E-state index in [9.17, 15) is 0 Å². The molecule has 80 valence electrons. The van der Waals surface area contributed by atoms with Crippen LogP contribution in [0.1, 0.15) is 11.6 Å². The zero-order chi connectivity index (χ0) is 10.3. The third-order valence-electron chi connectivity index (χ3n) is 3.94. The molecule has 0 radical (unpaired) electrons. The molecular weight excluding hydrogens is 184 g/mol. The van der Waals surface area contributed by atoms with Gasteiger partial charge in [0.2, 0.25) is 0 Å². The third kappa shape index (κ3) is 1.48. The molecule has 0 saturated carbocycles. The number of benzene rings is 1. The van der Waals surface area contributed by atoms with E-state index in [1.807, 2.05) is 0 Å². The molecule has 0 amide bonds. The molecule has 2 aliphatic heterocycles. The smallest absolute Gasteiger partial charge is 0.0389 e. The first-order chi connectivity index (χ1) is 7.36. The van der Waals surface area contributed by atoms with Crippen LogP contribution in [0.4, 0.5) is 0 Å². The lowest BCUT2D eigenvalue weighted by Crippen LogP contribution is -2.25. The molecule has 2 heteroatoms. The maximum absolute atomic E-state index is 3.52. The highest BCUT2D eigenvalue weighted by atomic mass is 15.2. The van der Waals surface area contributed by atoms with Gasteiger partial charge < -0.3 is 5.32 Å². The minimum absolute atomic E-state index is 0.631. The van der Waals surface area contributed by atoms with Gasteiger partial charge in [-0.2, -0.15) is 0 Å². The molecule has 0 unspecified atom stereocenters. The van der Waals surface area contributed by atoms with Crippen molar-refractivity contribution in [1.29, 1.82) is 0 Å². The average Bonchev–Trinajstić information content (AvgIpc) is 2.78. The molecule has 1 aromatic carbocycles. The second-order valence-electron chi connectivity index (χ2n) is 4.88. The lowest BCUT2D eigenvalue weighted by atomic mass is 9.90. The zero-order valence-corrected chi connectivity index (χ0v) is 9.19. The van der Waals surface area contributed by atoms with Crippen LogP contribution >= 0.6 is 0 Å². The van der Waals surface area contributed by atoms with E-state index in [0.717, 1.165) is 11.8 Å². The topological polar surface area (TPSA) is 15.3 Å². The van der Waals surface area contributed by atoms with Crippen LogP contribution < -0.4 is 5.32 Å². The van der Waals surface area contributed by atoms with Crippen LogP contribution in [0.15, 0.2) is 30.3 Å². The Bertz CT molecular complexity index is 336. The number of nitrogens with one attached hydrogen (secondary N) is 1. The van der Waals surface area contributed by atoms with Crippen molar-refractivity contribution in [1.82, 2.24) is 10.2 Å². The van der Waals surface area contributed by atoms with E-state index < -0.39 is 0 Å². The fourth-order valence-electron chi connectivity index (χ4n) is 3.29. The number of likely N-dealkylation sites (tertiary alicyclic amines) is 1. The van der Waals surface area contributed by atoms with Crippen LogP contribution in [0.3, 0.4) is 0 Å². The van der Waals surface area contributed by atoms with Crippen molar-refractivity contribution in [3.63, 3.8) is 0 Å². The molecule has 3 atom stereocenters. The van der Waals surface area contributed by atoms with Gasteiger partial charge in [-0.25, -0.2) is 0 Å². The summed E-state index contributed by atoms with van der Waals surface area (Å²) in [5, 5.41) is 3.52. The van der Waals surface area contributed by atoms with Gasteiger partial charge in [0.1, 0.15) is 0 Å². The Balaban J connectivity index is 1.91. The highest BCUT2D eigenvalue weighted by molar-refractivity contribution is 5.22. The van der Waals surface area contributed by atoms with Crippen LogP contribution in [-0.2, 0) is 0 Å². The van der Waals surface area contributed by atoms with Crippen molar-refractivity contribution in [3.8, 4) is 0 Å². The molecule has 2 nitrogen and oxygen atoms in total. The van der Waals surface area contributed by atoms with Crippen molar-refractivity contribution in [2.75, 3.05) is 26.7 Å². The minimum atomic E-state index is 0.631. The number of rotatable bonds is 1. The number of hydrogen-bond donors (Lipinski definition) is 1. The highest BCUT2D eigenvalue weighted by Crippen LogP contribution is 2.41. The monoisotopic (exact) mass is 202 g/mol. The molecule has 1 aromatic rings. The van der Waals surface area contributed by atoms with Gasteiger partial charge in [0.15, 0.2) is 0 Å². The zero-order valence-electron chi connectivity index (χ0n) is 9.19. The lowest BCUT2D eigenvalue weighted by Gasteiger charge is -2.24. The maximum atomic E-state index is 3.52. The first-order valence-electron chi connectivity index (χ1n) is 5.82. The lowest BCUT2D eigenvalue weighted by molar-refractivity contribution is 0.276. The Labute approximate surface area is 91.3 Å². The minimum Gasteiger partial charge on any atom is -0.316 e. The van der Waals surface area contributed by atoms with Gasteiger partial charge in [0, 0.05) is 19.1 Å². The predicted molar refractivity (Wildman–Crippen MR) is 61.7 cm³/mol. The Morgan fingerprint density at radius 2 is 2.00 bits per heavy atom. The van der Waals surface area contributed by atoms with Crippen molar-refractivity contribution < 1.29 is 0 Å². The van der Waals surface area contributed by atoms with Gasteiger partial charge in [0.25, 0.3) is 0 Å². The largest absolute Gasteiger partial charge is 0.316 e. The summed E-state index contributed by atoms with van der Waals surface area (Å²) < 4.78 is 0. The molecule has 2 aliphatic rings. The fourth-order valence-corrected chi connectivity index (χ4v) is 3.29. The average molecular weight is 202 g/mol. The molecule has 2 saturated heterocycles. The summed E-state index contributed by atoms with van der Waals surface area (Å²) in [5.74, 6) is 1.68. The molecule has 1 N–H and O–H groups in total. The summed E-state index contributed by atoms with van der Waals surface area (Å²) in [5.41, 5.74) is 1.48. The first-order valence-corrected chi connectivity index (χ1v) is 5.82. The van der Waals surface area contributed by atoms with Crippen LogP contribution in [-0.4, -0.2) is 31.6 Å². The van der Waals surface area contributed by atoms with Gasteiger partial charge in [0.05, 0.1) is 0 Å². The van der Waals surface area contributed by atoms with E-state index in [0.29, 0.717) is 6.04 Å². The van der Waals surface area contributed by atoms with Gasteiger partial charge in [-0.05, 0) is 31.0 Å². The van der Waals surface area contributed by atoms with Gasteiger partial charge in [-0.15, -0.1) is 0 Å². The molecule has 2 heterocycles. The normalized spacial score (nSPS) is 35.7. The summed E-state index contributed by atoms with van der Waals surface area (Å²) in [7, 11) is 2.26. The van der Waals surface area contributed by atoms with Gasteiger partial charge in [-0.1, -0.05) is 30.3 Å². The van der Waals surface area contributed by atoms with Crippen LogP contribution in [0, 0.1) is 11.8 Å².